The van der Waals surface area contributed by atoms with Crippen LogP contribution in [0.3, 0.4) is 0 Å². The number of unbranched alkanes of at least 4 members (excludes halogenated alkanes) is 6. The molecule has 0 saturated heterocycles. The normalized spacial score (nSPS) is 28.6. The minimum absolute atomic E-state index is 0.0639. The van der Waals surface area contributed by atoms with E-state index in [0.717, 1.165) is 38.5 Å². The number of nitrogens with one attached hydrogen (secondary N) is 2. The lowest BCUT2D eigenvalue weighted by atomic mass is 9.68. The number of hydrogen-bond donors (Lipinski definition) is 2. The van der Waals surface area contributed by atoms with E-state index in [9.17, 15) is 13.2 Å². The van der Waals surface area contributed by atoms with Gasteiger partial charge in [0, 0.05) is 6.04 Å². The zero-order valence-corrected chi connectivity index (χ0v) is 20.9. The van der Waals surface area contributed by atoms with Crippen molar-refractivity contribution in [1.82, 2.24) is 10.0 Å². The number of carbonyl (C=O) groups is 1. The van der Waals surface area contributed by atoms with Crippen molar-refractivity contribution in [3.05, 3.63) is 0 Å². The third-order valence-electron chi connectivity index (χ3n) is 7.81. The average molecular weight is 443 g/mol. The van der Waals surface area contributed by atoms with Gasteiger partial charge >= 0.3 is 0 Å². The summed E-state index contributed by atoms with van der Waals surface area (Å²) in [6, 6.07) is -0.542. The molecular formula is C24H46N2O3S. The quantitative estimate of drug-likeness (QED) is 0.365. The van der Waals surface area contributed by atoms with Gasteiger partial charge in [0.15, 0.2) is 0 Å². The molecule has 0 aromatic rings. The molecular weight excluding hydrogens is 396 g/mol. The highest BCUT2D eigenvalue weighted by Gasteiger charge is 2.59. The van der Waals surface area contributed by atoms with Crippen molar-refractivity contribution in [2.45, 2.75) is 124 Å². The number of rotatable bonds is 14. The molecule has 0 spiro atoms. The Bertz CT molecular complexity index is 657. The van der Waals surface area contributed by atoms with Crippen LogP contribution in [0.2, 0.25) is 0 Å². The van der Waals surface area contributed by atoms with Crippen LogP contribution < -0.4 is 10.0 Å². The second kappa shape index (κ2) is 10.8. The molecule has 0 aromatic carbocycles. The van der Waals surface area contributed by atoms with Crippen molar-refractivity contribution < 1.29 is 13.2 Å². The van der Waals surface area contributed by atoms with Crippen LogP contribution in [-0.2, 0) is 14.8 Å². The molecule has 2 saturated carbocycles. The highest BCUT2D eigenvalue weighted by atomic mass is 32.2. The summed E-state index contributed by atoms with van der Waals surface area (Å²) in [4.78, 5) is 13.3. The third-order valence-corrected chi connectivity index (χ3v) is 9.28. The Morgan fingerprint density at radius 2 is 1.63 bits per heavy atom. The summed E-state index contributed by atoms with van der Waals surface area (Å²) < 4.78 is 27.8. The molecule has 2 fully saturated rings. The maximum absolute atomic E-state index is 13.3. The van der Waals surface area contributed by atoms with E-state index < -0.39 is 16.1 Å². The van der Waals surface area contributed by atoms with Crippen LogP contribution in [0.5, 0.6) is 0 Å². The van der Waals surface area contributed by atoms with Crippen molar-refractivity contribution >= 4 is 15.9 Å². The van der Waals surface area contributed by atoms with Crippen molar-refractivity contribution in [2.75, 3.05) is 5.75 Å². The fraction of sp³-hybridized carbons (Fsp3) is 0.958. The van der Waals surface area contributed by atoms with Gasteiger partial charge in [0.2, 0.25) is 15.9 Å². The number of carbonyl (C=O) groups excluding carboxylic acids is 1. The Balaban J connectivity index is 2.02. The Labute approximate surface area is 185 Å². The van der Waals surface area contributed by atoms with Crippen LogP contribution in [0, 0.1) is 16.7 Å². The molecule has 0 aromatic heterocycles. The Morgan fingerprint density at radius 1 is 1.00 bits per heavy atom. The Morgan fingerprint density at radius 3 is 2.23 bits per heavy atom. The highest BCUT2D eigenvalue weighted by molar-refractivity contribution is 7.89. The van der Waals surface area contributed by atoms with Crippen LogP contribution in [0.1, 0.15) is 112 Å². The minimum atomic E-state index is -3.44. The SMILES string of the molecule is CCCCCCCCC(NS(=O)(=O)CCCC)C(=O)NC1C2(C)CCC(C2)C1(C)C. The van der Waals surface area contributed by atoms with Gasteiger partial charge in [0.1, 0.15) is 6.04 Å². The minimum Gasteiger partial charge on any atom is -0.351 e. The van der Waals surface area contributed by atoms with E-state index >= 15 is 0 Å². The summed E-state index contributed by atoms with van der Waals surface area (Å²) in [7, 11) is -3.44. The molecule has 4 atom stereocenters. The zero-order valence-electron chi connectivity index (χ0n) is 20.1. The van der Waals surface area contributed by atoms with Gasteiger partial charge in [-0.1, -0.05) is 79.6 Å². The summed E-state index contributed by atoms with van der Waals surface area (Å²) in [5, 5.41) is 3.32. The van der Waals surface area contributed by atoms with Gasteiger partial charge in [0.25, 0.3) is 0 Å². The van der Waals surface area contributed by atoms with Crippen LogP contribution >= 0.6 is 0 Å². The van der Waals surface area contributed by atoms with Crippen molar-refractivity contribution in [3.63, 3.8) is 0 Å². The van der Waals surface area contributed by atoms with Crippen LogP contribution in [0.4, 0.5) is 0 Å². The fourth-order valence-corrected chi connectivity index (χ4v) is 7.33. The van der Waals surface area contributed by atoms with E-state index in [1.165, 1.54) is 25.7 Å². The summed E-state index contributed by atoms with van der Waals surface area (Å²) in [5.74, 6) is 0.611. The lowest BCUT2D eigenvalue weighted by molar-refractivity contribution is -0.125. The molecule has 0 radical (unpaired) electrons. The Hall–Kier alpha value is -0.620. The van der Waals surface area contributed by atoms with Crippen LogP contribution in [-0.4, -0.2) is 32.2 Å². The lowest BCUT2D eigenvalue weighted by Gasteiger charge is -2.43. The van der Waals surface area contributed by atoms with Gasteiger partial charge in [-0.25, -0.2) is 13.1 Å². The summed E-state index contributed by atoms with van der Waals surface area (Å²) >= 11 is 0. The van der Waals surface area contributed by atoms with E-state index in [1.807, 2.05) is 6.92 Å². The monoisotopic (exact) mass is 442 g/mol. The molecule has 2 rings (SSSR count). The maximum atomic E-state index is 13.3. The van der Waals surface area contributed by atoms with Gasteiger partial charge in [-0.3, -0.25) is 4.79 Å². The van der Waals surface area contributed by atoms with E-state index in [1.54, 1.807) is 0 Å². The van der Waals surface area contributed by atoms with E-state index in [-0.39, 0.29) is 28.5 Å². The lowest BCUT2D eigenvalue weighted by Crippen LogP contribution is -2.57. The summed E-state index contributed by atoms with van der Waals surface area (Å²) in [6.45, 7) is 11.0. The van der Waals surface area contributed by atoms with Gasteiger partial charge in [-0.2, -0.15) is 0 Å². The van der Waals surface area contributed by atoms with Gasteiger partial charge in [-0.05, 0) is 48.9 Å². The molecule has 2 bridgehead atoms. The molecule has 2 aliphatic rings. The molecule has 0 aliphatic heterocycles. The first kappa shape index (κ1) is 25.6. The van der Waals surface area contributed by atoms with Crippen molar-refractivity contribution in [1.29, 1.82) is 0 Å². The molecule has 5 nitrogen and oxygen atoms in total. The number of fused-ring (bicyclic) bond motifs is 2. The first-order chi connectivity index (χ1) is 14.1. The Kier molecular flexibility index (Phi) is 9.23. The molecule has 6 heteroatoms. The van der Waals surface area contributed by atoms with Crippen molar-refractivity contribution in [2.24, 2.45) is 16.7 Å². The van der Waals surface area contributed by atoms with E-state index in [4.69, 9.17) is 0 Å². The molecule has 2 aliphatic carbocycles. The summed E-state index contributed by atoms with van der Waals surface area (Å²) in [5.41, 5.74) is 0.198. The maximum Gasteiger partial charge on any atom is 0.238 e. The van der Waals surface area contributed by atoms with Gasteiger partial charge in [-0.15, -0.1) is 0 Å². The fourth-order valence-electron chi connectivity index (χ4n) is 5.89. The van der Waals surface area contributed by atoms with E-state index in [0.29, 0.717) is 18.8 Å². The molecule has 4 unspecified atom stereocenters. The first-order valence-corrected chi connectivity index (χ1v) is 14.0. The smallest absolute Gasteiger partial charge is 0.238 e. The number of hydrogen-bond acceptors (Lipinski definition) is 3. The number of sulfonamides is 1. The van der Waals surface area contributed by atoms with Crippen LogP contribution in [0.15, 0.2) is 0 Å². The topological polar surface area (TPSA) is 75.3 Å². The predicted molar refractivity (Wildman–Crippen MR) is 125 cm³/mol. The standard InChI is InChI=1S/C24H46N2O3S/c1-6-8-10-11-12-13-14-20(26-30(28,29)17-9-7-2)21(27)25-22-23(3,4)19-15-16-24(22,5)18-19/h19-20,22,26H,6-18H2,1-5H3,(H,25,27). The third kappa shape index (κ3) is 6.44. The molecule has 2 N–H and O–H groups in total. The largest absolute Gasteiger partial charge is 0.351 e. The summed E-state index contributed by atoms with van der Waals surface area (Å²) in [6.07, 6.45) is 12.3. The van der Waals surface area contributed by atoms with Crippen molar-refractivity contribution in [3.8, 4) is 0 Å². The average Bonchev–Trinajstić information content (AvgIpc) is 3.16. The second-order valence-corrected chi connectivity index (χ2v) is 12.6. The first-order valence-electron chi connectivity index (χ1n) is 12.4. The van der Waals surface area contributed by atoms with E-state index in [2.05, 4.69) is 37.7 Å². The predicted octanol–water partition coefficient (Wildman–Crippen LogP) is 5.16. The molecule has 176 valence electrons. The molecule has 1 amide bonds. The molecule has 0 heterocycles. The number of amides is 1. The second-order valence-electron chi connectivity index (χ2n) is 10.8. The van der Waals surface area contributed by atoms with Crippen LogP contribution in [0.25, 0.3) is 0 Å². The molecule has 30 heavy (non-hydrogen) atoms. The van der Waals surface area contributed by atoms with Gasteiger partial charge < -0.3 is 5.32 Å². The highest BCUT2D eigenvalue weighted by Crippen LogP contribution is 2.62. The zero-order chi connectivity index (χ0) is 22.4. The van der Waals surface area contributed by atoms with Gasteiger partial charge in [0.05, 0.1) is 5.75 Å².